The van der Waals surface area contributed by atoms with Crippen molar-refractivity contribution in [1.29, 1.82) is 5.41 Å². The van der Waals surface area contributed by atoms with Crippen molar-refractivity contribution < 1.29 is 14.3 Å². The predicted octanol–water partition coefficient (Wildman–Crippen LogP) is 1.31. The fraction of sp³-hybridized carbons (Fsp3) is 0.429. The number of hydrazine groups is 1. The fourth-order valence-corrected chi connectivity index (χ4v) is 1.55. The van der Waals surface area contributed by atoms with Crippen molar-refractivity contribution in [3.05, 3.63) is 35.9 Å². The van der Waals surface area contributed by atoms with E-state index in [2.05, 4.69) is 4.74 Å². The molecule has 3 N–H and O–H groups in total. The lowest BCUT2D eigenvalue weighted by atomic mass is 10.2. The van der Waals surface area contributed by atoms with Crippen molar-refractivity contribution in [3.8, 4) is 0 Å². The Kier molecular flexibility index (Phi) is 7.31. The summed E-state index contributed by atoms with van der Waals surface area (Å²) in [6.07, 6.45) is 1.14. The van der Waals surface area contributed by atoms with Crippen LogP contribution in [0.15, 0.2) is 30.3 Å². The third-order valence-corrected chi connectivity index (χ3v) is 2.69. The number of methoxy groups -OCH3 is 1. The molecule has 0 amide bonds. The Bertz CT molecular complexity index is 423. The molecular formula is C14H21N3O3. The van der Waals surface area contributed by atoms with Gasteiger partial charge in [-0.25, -0.2) is 5.84 Å². The van der Waals surface area contributed by atoms with E-state index in [1.807, 2.05) is 30.3 Å². The molecule has 0 fully saturated rings. The van der Waals surface area contributed by atoms with E-state index >= 15 is 0 Å². The van der Waals surface area contributed by atoms with Gasteiger partial charge < -0.3 is 9.47 Å². The maximum atomic E-state index is 11.0. The molecule has 0 heterocycles. The number of carbonyl (C=O) groups excluding carboxylic acids is 1. The summed E-state index contributed by atoms with van der Waals surface area (Å²) in [4.78, 5) is 11.0. The van der Waals surface area contributed by atoms with Crippen LogP contribution >= 0.6 is 0 Å². The number of esters is 1. The van der Waals surface area contributed by atoms with Crippen LogP contribution < -0.4 is 5.84 Å². The molecule has 0 atom stereocenters. The van der Waals surface area contributed by atoms with Crippen LogP contribution in [0.2, 0.25) is 0 Å². The van der Waals surface area contributed by atoms with Crippen molar-refractivity contribution in [2.75, 3.05) is 20.3 Å². The van der Waals surface area contributed by atoms with Gasteiger partial charge in [0.15, 0.2) is 0 Å². The van der Waals surface area contributed by atoms with E-state index in [4.69, 9.17) is 16.0 Å². The average molecular weight is 279 g/mol. The Balaban J connectivity index is 2.11. The minimum absolute atomic E-state index is 0.111. The maximum Gasteiger partial charge on any atom is 0.326 e. The van der Waals surface area contributed by atoms with Gasteiger partial charge in [0.05, 0.1) is 13.7 Å². The van der Waals surface area contributed by atoms with Gasteiger partial charge in [-0.3, -0.25) is 15.2 Å². The molecule has 0 bridgehead atoms. The lowest BCUT2D eigenvalue weighted by Crippen LogP contribution is -2.41. The number of ether oxygens (including phenoxy) is 2. The molecule has 110 valence electrons. The lowest BCUT2D eigenvalue weighted by molar-refractivity contribution is -0.141. The Morgan fingerprint density at radius 1 is 1.35 bits per heavy atom. The Hall–Kier alpha value is -1.92. The van der Waals surface area contributed by atoms with E-state index in [1.165, 1.54) is 7.11 Å². The zero-order chi connectivity index (χ0) is 14.8. The van der Waals surface area contributed by atoms with Crippen molar-refractivity contribution in [2.24, 2.45) is 5.84 Å². The highest BCUT2D eigenvalue weighted by atomic mass is 16.5. The van der Waals surface area contributed by atoms with E-state index < -0.39 is 5.97 Å². The second-order valence-electron chi connectivity index (χ2n) is 4.29. The van der Waals surface area contributed by atoms with Crippen molar-refractivity contribution in [2.45, 2.75) is 19.4 Å². The van der Waals surface area contributed by atoms with Crippen LogP contribution in [0, 0.1) is 5.41 Å². The largest absolute Gasteiger partial charge is 0.468 e. The second-order valence-corrected chi connectivity index (χ2v) is 4.29. The summed E-state index contributed by atoms with van der Waals surface area (Å²) < 4.78 is 9.99. The molecule has 1 aromatic carbocycles. The van der Waals surface area contributed by atoms with Gasteiger partial charge in [0.1, 0.15) is 12.4 Å². The van der Waals surface area contributed by atoms with Crippen molar-refractivity contribution >= 4 is 11.8 Å². The lowest BCUT2D eigenvalue weighted by Gasteiger charge is -2.17. The first-order valence-electron chi connectivity index (χ1n) is 6.41. The minimum Gasteiger partial charge on any atom is -0.468 e. The smallest absolute Gasteiger partial charge is 0.326 e. The van der Waals surface area contributed by atoms with Crippen LogP contribution in [0.1, 0.15) is 18.4 Å². The molecule has 6 heteroatoms. The summed E-state index contributed by atoms with van der Waals surface area (Å²) in [5.41, 5.74) is 1.12. The minimum atomic E-state index is -0.461. The number of amidine groups is 1. The van der Waals surface area contributed by atoms with Crippen LogP contribution in [0.3, 0.4) is 0 Å². The zero-order valence-corrected chi connectivity index (χ0v) is 11.7. The summed E-state index contributed by atoms with van der Waals surface area (Å²) in [6, 6.07) is 9.89. The van der Waals surface area contributed by atoms with Crippen LogP contribution in [-0.2, 0) is 20.9 Å². The van der Waals surface area contributed by atoms with Gasteiger partial charge in [-0.2, -0.15) is 0 Å². The molecule has 6 nitrogen and oxygen atoms in total. The quantitative estimate of drug-likeness (QED) is 0.187. The molecule has 0 saturated heterocycles. The van der Waals surface area contributed by atoms with Gasteiger partial charge in [-0.15, -0.1) is 0 Å². The highest BCUT2D eigenvalue weighted by molar-refractivity contribution is 5.83. The second kappa shape index (κ2) is 9.06. The number of nitrogens with zero attached hydrogens (tertiary/aromatic N) is 1. The normalized spacial score (nSPS) is 10.1. The van der Waals surface area contributed by atoms with Gasteiger partial charge in [0.2, 0.25) is 0 Å². The summed E-state index contributed by atoms with van der Waals surface area (Å²) >= 11 is 0. The number of benzene rings is 1. The predicted molar refractivity (Wildman–Crippen MR) is 76.0 cm³/mol. The number of carbonyl (C=O) groups is 1. The first kappa shape index (κ1) is 16.1. The standard InChI is InChI=1S/C14H21N3O3/c1-19-14(18)10-17(16)13(15)8-5-9-20-11-12-6-3-2-4-7-12/h2-4,6-7,15H,5,8-11,16H2,1H3. The molecule has 0 spiro atoms. The van der Waals surface area contributed by atoms with Gasteiger partial charge in [0, 0.05) is 13.0 Å². The summed E-state index contributed by atoms with van der Waals surface area (Å²) in [5.74, 6) is 5.30. The van der Waals surface area contributed by atoms with Crippen molar-refractivity contribution in [1.82, 2.24) is 5.01 Å². The van der Waals surface area contributed by atoms with Crippen LogP contribution in [-0.4, -0.2) is 37.1 Å². The van der Waals surface area contributed by atoms with Crippen LogP contribution in [0.25, 0.3) is 0 Å². The molecule has 20 heavy (non-hydrogen) atoms. The van der Waals surface area contributed by atoms with E-state index in [1.54, 1.807) is 0 Å². The van der Waals surface area contributed by atoms with Crippen LogP contribution in [0.4, 0.5) is 0 Å². The molecule has 0 unspecified atom stereocenters. The van der Waals surface area contributed by atoms with E-state index in [0.717, 1.165) is 10.6 Å². The fourth-order valence-electron chi connectivity index (χ4n) is 1.55. The third-order valence-electron chi connectivity index (χ3n) is 2.69. The maximum absolute atomic E-state index is 11.0. The molecule has 0 radical (unpaired) electrons. The molecule has 1 aromatic rings. The third kappa shape index (κ3) is 6.31. The molecule has 0 aromatic heterocycles. The molecule has 0 aliphatic carbocycles. The Morgan fingerprint density at radius 2 is 2.05 bits per heavy atom. The van der Waals surface area contributed by atoms with E-state index in [-0.39, 0.29) is 12.4 Å². The SMILES string of the molecule is COC(=O)CN(N)C(=N)CCCOCc1ccccc1. The van der Waals surface area contributed by atoms with Crippen molar-refractivity contribution in [3.63, 3.8) is 0 Å². The number of nitrogens with one attached hydrogen (secondary N) is 1. The molecule has 0 aliphatic heterocycles. The highest BCUT2D eigenvalue weighted by Gasteiger charge is 2.10. The number of nitrogens with two attached hydrogens (primary N) is 1. The van der Waals surface area contributed by atoms with Gasteiger partial charge >= 0.3 is 5.97 Å². The zero-order valence-electron chi connectivity index (χ0n) is 11.7. The van der Waals surface area contributed by atoms with E-state index in [0.29, 0.717) is 26.1 Å². The number of hydrogen-bond donors (Lipinski definition) is 2. The topological polar surface area (TPSA) is 88.6 Å². The highest BCUT2D eigenvalue weighted by Crippen LogP contribution is 2.02. The first-order valence-corrected chi connectivity index (χ1v) is 6.41. The van der Waals surface area contributed by atoms with Gasteiger partial charge in [0.25, 0.3) is 0 Å². The van der Waals surface area contributed by atoms with Crippen LogP contribution in [0.5, 0.6) is 0 Å². The average Bonchev–Trinajstić information content (AvgIpc) is 2.47. The molecular weight excluding hydrogens is 258 g/mol. The Morgan fingerprint density at radius 3 is 2.70 bits per heavy atom. The molecule has 0 aliphatic rings. The van der Waals surface area contributed by atoms with Gasteiger partial charge in [-0.1, -0.05) is 30.3 Å². The molecule has 0 saturated carbocycles. The summed E-state index contributed by atoms with van der Waals surface area (Å²) in [6.45, 7) is 0.992. The van der Waals surface area contributed by atoms with Gasteiger partial charge in [-0.05, 0) is 12.0 Å². The summed E-state index contributed by atoms with van der Waals surface area (Å²) in [5, 5.41) is 8.79. The monoisotopic (exact) mass is 279 g/mol. The summed E-state index contributed by atoms with van der Waals surface area (Å²) in [7, 11) is 1.29. The molecule has 1 rings (SSSR count). The Labute approximate surface area is 118 Å². The van der Waals surface area contributed by atoms with E-state index in [9.17, 15) is 4.79 Å². The number of hydrogen-bond acceptors (Lipinski definition) is 5. The number of rotatable bonds is 8. The first-order chi connectivity index (χ1) is 9.63.